The number of ether oxygens (including phenoxy) is 4. The summed E-state index contributed by atoms with van der Waals surface area (Å²) in [5, 5.41) is 42.7. The first-order valence-electron chi connectivity index (χ1n) is 11.2. The predicted octanol–water partition coefficient (Wildman–Crippen LogP) is 2.35. The Bertz CT molecular complexity index is 1310. The van der Waals surface area contributed by atoms with Crippen molar-refractivity contribution in [2.45, 2.75) is 30.5 Å². The van der Waals surface area contributed by atoms with E-state index in [2.05, 4.69) is 4.74 Å². The van der Waals surface area contributed by atoms with Crippen LogP contribution in [0.15, 0.2) is 53.2 Å². The zero-order valence-corrected chi connectivity index (χ0v) is 19.9. The standard InChI is InChI=1S/C26H26O11/c1-33-20-11-18(28)15(17(27)5-3-13-4-6-19-14(9-13)7-8-35-19)10-16(20)25-24(31)23(30)22(29)21(37-25)12-36-26(32)34-2/h3-11,21-25,28-31H,12H2,1-2H3/b5-3+/t21-,22-,23+,24-,25+/m1/s1. The van der Waals surface area contributed by atoms with Gasteiger partial charge in [0, 0.05) is 17.0 Å². The summed E-state index contributed by atoms with van der Waals surface area (Å²) in [6.07, 6.45) is -4.07. The third-order valence-corrected chi connectivity index (χ3v) is 6.07. The van der Waals surface area contributed by atoms with Crippen molar-refractivity contribution >= 4 is 29.0 Å². The van der Waals surface area contributed by atoms with Gasteiger partial charge < -0.3 is 43.8 Å². The number of phenols is 1. The minimum absolute atomic E-state index is 0.0590. The molecule has 37 heavy (non-hydrogen) atoms. The second-order valence-corrected chi connectivity index (χ2v) is 8.36. The van der Waals surface area contributed by atoms with Crippen LogP contribution in [0.1, 0.15) is 27.6 Å². The van der Waals surface area contributed by atoms with E-state index in [4.69, 9.17) is 18.6 Å². The first kappa shape index (κ1) is 26.2. The van der Waals surface area contributed by atoms with Crippen molar-refractivity contribution in [3.8, 4) is 11.5 Å². The minimum atomic E-state index is -1.68. The number of fused-ring (bicyclic) bond motifs is 1. The van der Waals surface area contributed by atoms with E-state index in [1.54, 1.807) is 30.5 Å². The summed E-state index contributed by atoms with van der Waals surface area (Å²) in [7, 11) is 2.41. The molecule has 0 aliphatic carbocycles. The molecule has 4 N–H and O–H groups in total. The van der Waals surface area contributed by atoms with Crippen molar-refractivity contribution in [1.29, 1.82) is 0 Å². The largest absolute Gasteiger partial charge is 0.508 e. The van der Waals surface area contributed by atoms with E-state index in [-0.39, 0.29) is 22.6 Å². The average molecular weight is 514 g/mol. The molecule has 1 aromatic heterocycles. The first-order valence-corrected chi connectivity index (χ1v) is 11.2. The topological polar surface area (TPSA) is 165 Å². The number of aromatic hydroxyl groups is 1. The Morgan fingerprint density at radius 1 is 1.03 bits per heavy atom. The van der Waals surface area contributed by atoms with Gasteiger partial charge in [-0.1, -0.05) is 12.1 Å². The van der Waals surface area contributed by atoms with Gasteiger partial charge in [-0.2, -0.15) is 0 Å². The summed E-state index contributed by atoms with van der Waals surface area (Å²) in [5.74, 6) is -0.870. The van der Waals surface area contributed by atoms with Gasteiger partial charge in [0.15, 0.2) is 5.78 Å². The summed E-state index contributed by atoms with van der Waals surface area (Å²) >= 11 is 0. The molecular weight excluding hydrogens is 488 g/mol. The second-order valence-electron chi connectivity index (χ2n) is 8.36. The lowest BCUT2D eigenvalue weighted by Gasteiger charge is -2.40. The smallest absolute Gasteiger partial charge is 0.507 e. The molecule has 1 saturated heterocycles. The van der Waals surface area contributed by atoms with E-state index in [0.29, 0.717) is 5.58 Å². The minimum Gasteiger partial charge on any atom is -0.507 e. The number of methoxy groups -OCH3 is 2. The highest BCUT2D eigenvalue weighted by atomic mass is 16.7. The van der Waals surface area contributed by atoms with E-state index in [0.717, 1.165) is 18.1 Å². The maximum atomic E-state index is 13.0. The van der Waals surface area contributed by atoms with Crippen LogP contribution in [0.25, 0.3) is 17.0 Å². The van der Waals surface area contributed by atoms with Crippen LogP contribution in [0.3, 0.4) is 0 Å². The number of carbonyl (C=O) groups excluding carboxylic acids is 2. The Morgan fingerprint density at radius 2 is 1.81 bits per heavy atom. The van der Waals surface area contributed by atoms with Crippen LogP contribution >= 0.6 is 0 Å². The third-order valence-electron chi connectivity index (χ3n) is 6.07. The summed E-state index contributed by atoms with van der Waals surface area (Å²) < 4.78 is 25.6. The lowest BCUT2D eigenvalue weighted by molar-refractivity contribution is -0.232. The highest BCUT2D eigenvalue weighted by Crippen LogP contribution is 2.40. The fourth-order valence-electron chi connectivity index (χ4n) is 4.09. The highest BCUT2D eigenvalue weighted by molar-refractivity contribution is 6.09. The maximum absolute atomic E-state index is 13.0. The lowest BCUT2D eigenvalue weighted by atomic mass is 9.89. The van der Waals surface area contributed by atoms with Gasteiger partial charge in [0.05, 0.1) is 26.0 Å². The zero-order chi connectivity index (χ0) is 26.7. The second kappa shape index (κ2) is 11.0. The Morgan fingerprint density at radius 3 is 2.54 bits per heavy atom. The van der Waals surface area contributed by atoms with Gasteiger partial charge in [-0.05, 0) is 35.9 Å². The van der Waals surface area contributed by atoms with Crippen molar-refractivity contribution in [3.63, 3.8) is 0 Å². The van der Waals surface area contributed by atoms with Crippen LogP contribution in [0, 0.1) is 0 Å². The third kappa shape index (κ3) is 5.44. The molecule has 11 heteroatoms. The number of carbonyl (C=O) groups is 2. The number of rotatable bonds is 7. The molecule has 0 radical (unpaired) electrons. The number of aliphatic hydroxyl groups excluding tert-OH is 3. The number of furan rings is 1. The number of benzene rings is 2. The van der Waals surface area contributed by atoms with Crippen molar-refractivity contribution in [1.82, 2.24) is 0 Å². The number of ketones is 1. The normalized spacial score (nSPS) is 23.8. The lowest BCUT2D eigenvalue weighted by Crippen LogP contribution is -2.55. The average Bonchev–Trinajstić information content (AvgIpc) is 3.37. The maximum Gasteiger partial charge on any atom is 0.508 e. The fourth-order valence-corrected chi connectivity index (χ4v) is 4.09. The molecular formula is C26H26O11. The zero-order valence-electron chi connectivity index (χ0n) is 19.9. The Labute approximate surface area is 211 Å². The fraction of sp³-hybridized carbons (Fsp3) is 0.308. The van der Waals surface area contributed by atoms with Crippen LogP contribution in [0.5, 0.6) is 11.5 Å². The van der Waals surface area contributed by atoms with Crippen LogP contribution in [0.4, 0.5) is 4.79 Å². The molecule has 4 rings (SSSR count). The van der Waals surface area contributed by atoms with Crippen LogP contribution < -0.4 is 4.74 Å². The molecule has 0 saturated carbocycles. The van der Waals surface area contributed by atoms with Gasteiger partial charge in [0.2, 0.25) is 0 Å². The number of hydrogen-bond donors (Lipinski definition) is 4. The monoisotopic (exact) mass is 514 g/mol. The number of allylic oxidation sites excluding steroid dienone is 1. The summed E-state index contributed by atoms with van der Waals surface area (Å²) in [5.41, 5.74) is 1.44. The number of aliphatic hydroxyl groups is 3. The van der Waals surface area contributed by atoms with Gasteiger partial charge in [-0.3, -0.25) is 4.79 Å². The van der Waals surface area contributed by atoms with Crippen LogP contribution in [-0.2, 0) is 14.2 Å². The first-order chi connectivity index (χ1) is 17.7. The highest BCUT2D eigenvalue weighted by Gasteiger charge is 2.46. The van der Waals surface area contributed by atoms with Crippen LogP contribution in [-0.4, -0.2) is 77.6 Å². The van der Waals surface area contributed by atoms with E-state index >= 15 is 0 Å². The van der Waals surface area contributed by atoms with Crippen LogP contribution in [0.2, 0.25) is 0 Å². The molecule has 2 heterocycles. The van der Waals surface area contributed by atoms with Crippen molar-refractivity contribution in [2.75, 3.05) is 20.8 Å². The van der Waals surface area contributed by atoms with Crippen molar-refractivity contribution in [3.05, 3.63) is 65.4 Å². The van der Waals surface area contributed by atoms with E-state index in [1.807, 2.05) is 6.07 Å². The summed E-state index contributed by atoms with van der Waals surface area (Å²) in [4.78, 5) is 24.3. The molecule has 0 amide bonds. The van der Waals surface area contributed by atoms with Gasteiger partial charge in [-0.25, -0.2) is 4.79 Å². The molecule has 1 aliphatic heterocycles. The Hall–Kier alpha value is -3.90. The van der Waals surface area contributed by atoms with Gasteiger partial charge in [-0.15, -0.1) is 0 Å². The van der Waals surface area contributed by atoms with Crippen molar-refractivity contribution in [2.24, 2.45) is 0 Å². The molecule has 196 valence electrons. The molecule has 1 aliphatic rings. The quantitative estimate of drug-likeness (QED) is 0.208. The van der Waals surface area contributed by atoms with Gasteiger partial charge >= 0.3 is 6.16 Å². The molecule has 5 atom stereocenters. The van der Waals surface area contributed by atoms with E-state index in [9.17, 15) is 30.0 Å². The SMILES string of the molecule is COC(=O)OC[C@H]1O[C@@H](c2cc(C(=O)/C=C/c3ccc4occc4c3)c(O)cc2OC)[C@H](O)[C@@H](O)[C@@H]1O. The Kier molecular flexibility index (Phi) is 7.79. The predicted molar refractivity (Wildman–Crippen MR) is 128 cm³/mol. The molecule has 11 nitrogen and oxygen atoms in total. The number of hydrogen-bond acceptors (Lipinski definition) is 11. The number of phenolic OH excluding ortho intramolecular Hbond substituents is 1. The van der Waals surface area contributed by atoms with E-state index < -0.39 is 49.1 Å². The van der Waals surface area contributed by atoms with Crippen molar-refractivity contribution < 1.29 is 53.4 Å². The molecule has 0 spiro atoms. The molecule has 1 fully saturated rings. The molecule has 0 unspecified atom stereocenters. The molecule has 2 aromatic carbocycles. The van der Waals surface area contributed by atoms with Gasteiger partial charge in [0.25, 0.3) is 0 Å². The summed E-state index contributed by atoms with van der Waals surface area (Å²) in [6.45, 7) is -0.482. The van der Waals surface area contributed by atoms with E-state index in [1.165, 1.54) is 25.3 Å². The Balaban J connectivity index is 1.62. The van der Waals surface area contributed by atoms with Gasteiger partial charge in [0.1, 0.15) is 54.2 Å². The molecule has 0 bridgehead atoms. The molecule has 3 aromatic rings. The summed E-state index contributed by atoms with van der Waals surface area (Å²) in [6, 6.07) is 9.62.